The minimum atomic E-state index is -0.135. The fraction of sp³-hybridized carbons (Fsp3) is 0.562. The van der Waals surface area contributed by atoms with Crippen LogP contribution in [0.25, 0.3) is 0 Å². The van der Waals surface area contributed by atoms with E-state index in [0.29, 0.717) is 17.5 Å². The number of likely N-dealkylation sites (tertiary alicyclic amines) is 1. The van der Waals surface area contributed by atoms with Crippen molar-refractivity contribution in [1.29, 1.82) is 0 Å². The van der Waals surface area contributed by atoms with Crippen molar-refractivity contribution >= 4 is 17.2 Å². The molecule has 5 heteroatoms. The molecule has 4 nitrogen and oxygen atoms in total. The first-order valence-electron chi connectivity index (χ1n) is 7.49. The molecule has 0 aliphatic carbocycles. The maximum Gasteiger partial charge on any atom is 0.119 e. The summed E-state index contributed by atoms with van der Waals surface area (Å²) in [4.78, 5) is 2.81. The van der Waals surface area contributed by atoms with Crippen LogP contribution in [0, 0.1) is 5.92 Å². The van der Waals surface area contributed by atoms with Gasteiger partial charge in [-0.2, -0.15) is 0 Å². The summed E-state index contributed by atoms with van der Waals surface area (Å²) >= 11 is 4.92. The third-order valence-corrected chi connectivity index (χ3v) is 4.21. The molecule has 0 amide bonds. The zero-order valence-corrected chi connectivity index (χ0v) is 13.3. The molecule has 116 valence electrons. The number of benzene rings is 1. The van der Waals surface area contributed by atoms with Crippen LogP contribution in [0.3, 0.4) is 0 Å². The fourth-order valence-corrected chi connectivity index (χ4v) is 2.75. The molecule has 1 heterocycles. The second-order valence-electron chi connectivity index (χ2n) is 5.72. The predicted molar refractivity (Wildman–Crippen MR) is 88.7 cm³/mol. The minimum absolute atomic E-state index is 0.135. The molecule has 3 N–H and O–H groups in total. The zero-order valence-electron chi connectivity index (χ0n) is 12.5. The van der Waals surface area contributed by atoms with Crippen LogP contribution in [0.1, 0.15) is 25.3 Å². The van der Waals surface area contributed by atoms with Gasteiger partial charge in [0.25, 0.3) is 0 Å². The van der Waals surface area contributed by atoms with Gasteiger partial charge in [-0.3, -0.25) is 0 Å². The van der Waals surface area contributed by atoms with Crippen LogP contribution in [0.15, 0.2) is 24.3 Å². The van der Waals surface area contributed by atoms with E-state index < -0.39 is 0 Å². The molecular formula is C16H24N2O2S. The van der Waals surface area contributed by atoms with E-state index in [9.17, 15) is 5.11 Å². The topological polar surface area (TPSA) is 58.7 Å². The van der Waals surface area contributed by atoms with Crippen LogP contribution < -0.4 is 10.5 Å². The van der Waals surface area contributed by atoms with Gasteiger partial charge < -0.3 is 20.5 Å². The highest BCUT2D eigenvalue weighted by Gasteiger charge is 2.23. The number of nitrogens with two attached hydrogens (primary N) is 1. The summed E-state index contributed by atoms with van der Waals surface area (Å²) in [6.07, 6.45) is 1.73. The molecule has 0 saturated carbocycles. The average Bonchev–Trinajstić information content (AvgIpc) is 2.47. The summed E-state index contributed by atoms with van der Waals surface area (Å²) in [6.45, 7) is 5.77. The molecule has 1 saturated heterocycles. The maximum absolute atomic E-state index is 9.71. The molecule has 0 radical (unpaired) electrons. The Morgan fingerprint density at radius 3 is 2.76 bits per heavy atom. The van der Waals surface area contributed by atoms with E-state index in [0.717, 1.165) is 43.8 Å². The molecule has 21 heavy (non-hydrogen) atoms. The van der Waals surface area contributed by atoms with Crippen LogP contribution in [0.4, 0.5) is 0 Å². The predicted octanol–water partition coefficient (Wildman–Crippen LogP) is 1.79. The van der Waals surface area contributed by atoms with E-state index in [1.54, 1.807) is 0 Å². The van der Waals surface area contributed by atoms with E-state index in [-0.39, 0.29) is 6.10 Å². The lowest BCUT2D eigenvalue weighted by atomic mass is 9.97. The molecule has 1 aliphatic heterocycles. The Morgan fingerprint density at radius 2 is 2.14 bits per heavy atom. The number of thiocarbonyl (C=S) groups is 1. The quantitative estimate of drug-likeness (QED) is 0.620. The summed E-state index contributed by atoms with van der Waals surface area (Å²) < 4.78 is 5.72. The van der Waals surface area contributed by atoms with Crippen molar-refractivity contribution in [3.63, 3.8) is 0 Å². The first-order chi connectivity index (χ1) is 10.1. The number of hydrogen-bond acceptors (Lipinski definition) is 4. The molecule has 1 fully saturated rings. The summed E-state index contributed by atoms with van der Waals surface area (Å²) in [5.74, 6) is 1.21. The monoisotopic (exact) mass is 308 g/mol. The van der Waals surface area contributed by atoms with Gasteiger partial charge in [0.05, 0.1) is 12.7 Å². The van der Waals surface area contributed by atoms with Gasteiger partial charge in [0.1, 0.15) is 10.7 Å². The summed E-state index contributed by atoms with van der Waals surface area (Å²) in [7, 11) is 0. The van der Waals surface area contributed by atoms with Crippen molar-refractivity contribution < 1.29 is 9.84 Å². The smallest absolute Gasteiger partial charge is 0.119 e. The van der Waals surface area contributed by atoms with Gasteiger partial charge in [0.15, 0.2) is 0 Å². The minimum Gasteiger partial charge on any atom is -0.494 e. The first kappa shape index (κ1) is 16.2. The second-order valence-corrected chi connectivity index (χ2v) is 6.16. The molecule has 0 spiro atoms. The van der Waals surface area contributed by atoms with E-state index in [4.69, 9.17) is 22.7 Å². The number of hydrogen-bond donors (Lipinski definition) is 2. The van der Waals surface area contributed by atoms with E-state index >= 15 is 0 Å². The Labute approximate surface area is 131 Å². The second kappa shape index (κ2) is 7.73. The van der Waals surface area contributed by atoms with Gasteiger partial charge in [0, 0.05) is 25.2 Å². The summed E-state index contributed by atoms with van der Waals surface area (Å²) in [6, 6.07) is 7.55. The maximum atomic E-state index is 9.71. The molecule has 1 aromatic rings. The van der Waals surface area contributed by atoms with Crippen molar-refractivity contribution in [2.24, 2.45) is 11.7 Å². The lowest BCUT2D eigenvalue weighted by Crippen LogP contribution is -2.42. The normalized spacial score (nSPS) is 23.0. The molecule has 1 aromatic carbocycles. The van der Waals surface area contributed by atoms with Gasteiger partial charge in [0.2, 0.25) is 0 Å². The van der Waals surface area contributed by atoms with E-state index in [2.05, 4.69) is 11.8 Å². The van der Waals surface area contributed by atoms with Gasteiger partial charge in [-0.1, -0.05) is 19.1 Å². The summed E-state index contributed by atoms with van der Waals surface area (Å²) in [5.41, 5.74) is 6.42. The number of aliphatic hydroxyl groups is 1. The third-order valence-electron chi connectivity index (χ3n) is 3.97. The standard InChI is InChI=1S/C16H24N2O2S/c1-12-11-18(9-7-15(12)19)8-2-10-20-14-5-3-13(4-6-14)16(17)21/h3-6,12,15,19H,2,7-11H2,1H3,(H2,17,21). The van der Waals surface area contributed by atoms with Crippen molar-refractivity contribution in [3.8, 4) is 5.75 Å². The van der Waals surface area contributed by atoms with Crippen molar-refractivity contribution in [2.75, 3.05) is 26.2 Å². The molecule has 2 atom stereocenters. The SMILES string of the molecule is CC1CN(CCCOc2ccc(C(N)=S)cc2)CCC1O. The van der Waals surface area contributed by atoms with Crippen LogP contribution >= 0.6 is 12.2 Å². The molecule has 2 rings (SSSR count). The summed E-state index contributed by atoms with van der Waals surface area (Å²) in [5, 5.41) is 9.71. The number of aliphatic hydroxyl groups excluding tert-OH is 1. The van der Waals surface area contributed by atoms with Gasteiger partial charge in [-0.25, -0.2) is 0 Å². The van der Waals surface area contributed by atoms with E-state index in [1.165, 1.54) is 0 Å². The van der Waals surface area contributed by atoms with Crippen molar-refractivity contribution in [2.45, 2.75) is 25.9 Å². The number of rotatable bonds is 6. The highest BCUT2D eigenvalue weighted by Crippen LogP contribution is 2.17. The van der Waals surface area contributed by atoms with Crippen molar-refractivity contribution in [3.05, 3.63) is 29.8 Å². The Kier molecular flexibility index (Phi) is 5.96. The Balaban J connectivity index is 1.66. The van der Waals surface area contributed by atoms with Crippen molar-refractivity contribution in [1.82, 2.24) is 4.90 Å². The lowest BCUT2D eigenvalue weighted by Gasteiger charge is -2.34. The molecule has 0 bridgehead atoms. The first-order valence-corrected chi connectivity index (χ1v) is 7.90. The Hall–Kier alpha value is -1.17. The number of ether oxygens (including phenoxy) is 1. The van der Waals surface area contributed by atoms with Gasteiger partial charge in [-0.15, -0.1) is 0 Å². The van der Waals surface area contributed by atoms with Crippen LogP contribution in [-0.2, 0) is 0 Å². The highest BCUT2D eigenvalue weighted by atomic mass is 32.1. The number of nitrogens with zero attached hydrogens (tertiary/aromatic N) is 1. The van der Waals surface area contributed by atoms with Crippen LogP contribution in [0.5, 0.6) is 5.75 Å². The average molecular weight is 308 g/mol. The third kappa shape index (κ3) is 4.95. The lowest BCUT2D eigenvalue weighted by molar-refractivity contribution is 0.0334. The van der Waals surface area contributed by atoms with Crippen LogP contribution in [-0.4, -0.2) is 47.3 Å². The Morgan fingerprint density at radius 1 is 1.43 bits per heavy atom. The van der Waals surface area contributed by atoms with Crippen LogP contribution in [0.2, 0.25) is 0 Å². The zero-order chi connectivity index (χ0) is 15.2. The van der Waals surface area contributed by atoms with E-state index in [1.807, 2.05) is 24.3 Å². The molecular weight excluding hydrogens is 284 g/mol. The largest absolute Gasteiger partial charge is 0.494 e. The Bertz CT molecular complexity index is 464. The molecule has 2 unspecified atom stereocenters. The van der Waals surface area contributed by atoms with Gasteiger partial charge in [-0.05, 0) is 43.0 Å². The van der Waals surface area contributed by atoms with Gasteiger partial charge >= 0.3 is 0 Å². The number of piperidine rings is 1. The highest BCUT2D eigenvalue weighted by molar-refractivity contribution is 7.80. The fourth-order valence-electron chi connectivity index (χ4n) is 2.62. The molecule has 1 aliphatic rings. The molecule has 0 aromatic heterocycles.